The number of nitrogens with one attached hydrogen (secondary N) is 1. The van der Waals surface area contributed by atoms with Crippen LogP contribution >= 0.6 is 0 Å². The molecule has 0 aliphatic heterocycles. The number of rotatable bonds is 5. The first-order chi connectivity index (χ1) is 11.7. The average Bonchev–Trinajstić information content (AvgIpc) is 3.06. The Kier molecular flexibility index (Phi) is 4.61. The van der Waals surface area contributed by atoms with Gasteiger partial charge in [-0.15, -0.1) is 0 Å². The molecule has 5 nitrogen and oxygen atoms in total. The average molecular weight is 321 g/mol. The van der Waals surface area contributed by atoms with E-state index < -0.39 is 6.04 Å². The molecular weight excluding hydrogens is 302 g/mol. The molecule has 1 amide bonds. The molecule has 1 atom stereocenters. The molecule has 0 aliphatic rings. The molecule has 2 aromatic carbocycles. The van der Waals surface area contributed by atoms with Gasteiger partial charge in [-0.2, -0.15) is 0 Å². The van der Waals surface area contributed by atoms with Crippen LogP contribution in [0.5, 0.6) is 5.75 Å². The highest BCUT2D eigenvalue weighted by molar-refractivity contribution is 5.94. The Labute approximate surface area is 140 Å². The van der Waals surface area contributed by atoms with E-state index in [2.05, 4.69) is 10.3 Å². The fourth-order valence-electron chi connectivity index (χ4n) is 2.65. The quantitative estimate of drug-likeness (QED) is 0.786. The summed E-state index contributed by atoms with van der Waals surface area (Å²) in [6, 6.07) is 16.4. The fourth-order valence-corrected chi connectivity index (χ4v) is 2.65. The SMILES string of the molecule is COc1ccccc1[C@@H](NC(=O)c1ccccc1)c1nccn1C. The molecule has 0 saturated carbocycles. The molecule has 0 aliphatic carbocycles. The normalized spacial score (nSPS) is 11.8. The number of nitrogens with zero attached hydrogens (tertiary/aromatic N) is 2. The first-order valence-corrected chi connectivity index (χ1v) is 7.66. The second kappa shape index (κ2) is 7.00. The number of hydrogen-bond acceptors (Lipinski definition) is 3. The molecule has 122 valence electrons. The maximum absolute atomic E-state index is 12.6. The van der Waals surface area contributed by atoms with E-state index in [4.69, 9.17) is 4.74 Å². The molecule has 5 heteroatoms. The largest absolute Gasteiger partial charge is 0.496 e. The number of para-hydroxylation sites is 1. The number of aromatic nitrogens is 2. The zero-order valence-corrected chi connectivity index (χ0v) is 13.6. The lowest BCUT2D eigenvalue weighted by Gasteiger charge is -2.21. The van der Waals surface area contributed by atoms with Gasteiger partial charge in [-0.05, 0) is 18.2 Å². The fraction of sp³-hybridized carbons (Fsp3) is 0.158. The van der Waals surface area contributed by atoms with Crippen LogP contribution in [0, 0.1) is 0 Å². The van der Waals surface area contributed by atoms with E-state index in [0.717, 1.165) is 11.4 Å². The maximum atomic E-state index is 12.6. The first kappa shape index (κ1) is 15.8. The lowest BCUT2D eigenvalue weighted by Crippen LogP contribution is -2.31. The molecule has 0 spiro atoms. The molecule has 0 unspecified atom stereocenters. The Morgan fingerprint density at radius 3 is 2.50 bits per heavy atom. The van der Waals surface area contributed by atoms with Crippen molar-refractivity contribution < 1.29 is 9.53 Å². The Hall–Kier alpha value is -3.08. The van der Waals surface area contributed by atoms with Crippen LogP contribution in [0.2, 0.25) is 0 Å². The minimum absolute atomic E-state index is 0.158. The van der Waals surface area contributed by atoms with Crippen LogP contribution in [0.25, 0.3) is 0 Å². The zero-order valence-electron chi connectivity index (χ0n) is 13.6. The third-order valence-electron chi connectivity index (χ3n) is 3.88. The Balaban J connectivity index is 2.00. The maximum Gasteiger partial charge on any atom is 0.252 e. The molecule has 24 heavy (non-hydrogen) atoms. The Bertz CT molecular complexity index is 827. The van der Waals surface area contributed by atoms with E-state index in [0.29, 0.717) is 11.3 Å². The Morgan fingerprint density at radius 1 is 1.12 bits per heavy atom. The van der Waals surface area contributed by atoms with Gasteiger partial charge in [0, 0.05) is 30.6 Å². The number of aryl methyl sites for hydroxylation is 1. The summed E-state index contributed by atoms with van der Waals surface area (Å²) in [6.07, 6.45) is 3.57. The number of hydrogen-bond donors (Lipinski definition) is 1. The topological polar surface area (TPSA) is 56.1 Å². The summed E-state index contributed by atoms with van der Waals surface area (Å²) < 4.78 is 7.35. The summed E-state index contributed by atoms with van der Waals surface area (Å²) in [6.45, 7) is 0. The number of carbonyl (C=O) groups is 1. The van der Waals surface area contributed by atoms with Crippen molar-refractivity contribution in [2.45, 2.75) is 6.04 Å². The molecule has 1 heterocycles. The molecule has 0 bridgehead atoms. The summed E-state index contributed by atoms with van der Waals surface area (Å²) >= 11 is 0. The van der Waals surface area contributed by atoms with Crippen LogP contribution in [-0.4, -0.2) is 22.6 Å². The van der Waals surface area contributed by atoms with Crippen molar-refractivity contribution >= 4 is 5.91 Å². The van der Waals surface area contributed by atoms with Crippen molar-refractivity contribution in [3.8, 4) is 5.75 Å². The van der Waals surface area contributed by atoms with Crippen LogP contribution in [0.15, 0.2) is 67.0 Å². The summed E-state index contributed by atoms with van der Waals surface area (Å²) in [5.41, 5.74) is 1.46. The van der Waals surface area contributed by atoms with Crippen LogP contribution < -0.4 is 10.1 Å². The second-order valence-electron chi connectivity index (χ2n) is 5.41. The van der Waals surface area contributed by atoms with Crippen LogP contribution in [0.3, 0.4) is 0 Å². The highest BCUT2D eigenvalue weighted by Crippen LogP contribution is 2.29. The van der Waals surface area contributed by atoms with Gasteiger partial charge in [0.15, 0.2) is 0 Å². The third-order valence-corrected chi connectivity index (χ3v) is 3.88. The number of carbonyl (C=O) groups excluding carboxylic acids is 1. The van der Waals surface area contributed by atoms with E-state index in [1.807, 2.05) is 60.3 Å². The molecule has 1 aromatic heterocycles. The van der Waals surface area contributed by atoms with Gasteiger partial charge in [-0.25, -0.2) is 4.98 Å². The monoisotopic (exact) mass is 321 g/mol. The Morgan fingerprint density at radius 2 is 1.83 bits per heavy atom. The molecule has 1 N–H and O–H groups in total. The van der Waals surface area contributed by atoms with Crippen molar-refractivity contribution in [1.82, 2.24) is 14.9 Å². The highest BCUT2D eigenvalue weighted by atomic mass is 16.5. The predicted octanol–water partition coefficient (Wildman–Crippen LogP) is 2.95. The highest BCUT2D eigenvalue weighted by Gasteiger charge is 2.24. The molecule has 0 radical (unpaired) electrons. The van der Waals surface area contributed by atoms with Crippen LogP contribution in [-0.2, 0) is 7.05 Å². The first-order valence-electron chi connectivity index (χ1n) is 7.66. The lowest BCUT2D eigenvalue weighted by atomic mass is 10.0. The van der Waals surface area contributed by atoms with E-state index in [9.17, 15) is 4.79 Å². The molecule has 3 rings (SSSR count). The molecular formula is C19H19N3O2. The van der Waals surface area contributed by atoms with E-state index in [-0.39, 0.29) is 5.91 Å². The van der Waals surface area contributed by atoms with Crippen molar-refractivity contribution in [3.05, 3.63) is 83.9 Å². The van der Waals surface area contributed by atoms with Gasteiger partial charge in [0.25, 0.3) is 5.91 Å². The number of benzene rings is 2. The predicted molar refractivity (Wildman–Crippen MR) is 92.0 cm³/mol. The zero-order chi connectivity index (χ0) is 16.9. The van der Waals surface area contributed by atoms with E-state index in [1.54, 1.807) is 25.4 Å². The van der Waals surface area contributed by atoms with Gasteiger partial charge < -0.3 is 14.6 Å². The van der Waals surface area contributed by atoms with Crippen LogP contribution in [0.1, 0.15) is 27.8 Å². The lowest BCUT2D eigenvalue weighted by molar-refractivity contribution is 0.0941. The number of ether oxygens (including phenoxy) is 1. The van der Waals surface area contributed by atoms with Gasteiger partial charge in [0.2, 0.25) is 0 Å². The minimum atomic E-state index is -0.408. The third kappa shape index (κ3) is 3.15. The summed E-state index contributed by atoms with van der Waals surface area (Å²) in [5.74, 6) is 1.29. The van der Waals surface area contributed by atoms with Crippen molar-refractivity contribution in [2.24, 2.45) is 7.05 Å². The summed E-state index contributed by atoms with van der Waals surface area (Å²) in [4.78, 5) is 17.1. The van der Waals surface area contributed by atoms with Crippen molar-refractivity contribution in [3.63, 3.8) is 0 Å². The molecule has 0 fully saturated rings. The number of methoxy groups -OCH3 is 1. The van der Waals surface area contributed by atoms with Gasteiger partial charge >= 0.3 is 0 Å². The minimum Gasteiger partial charge on any atom is -0.496 e. The second-order valence-corrected chi connectivity index (χ2v) is 5.41. The number of imidazole rings is 1. The summed E-state index contributed by atoms with van der Waals surface area (Å²) in [7, 11) is 3.52. The van der Waals surface area contributed by atoms with E-state index in [1.165, 1.54) is 0 Å². The van der Waals surface area contributed by atoms with Gasteiger partial charge in [-0.3, -0.25) is 4.79 Å². The van der Waals surface area contributed by atoms with Crippen molar-refractivity contribution in [1.29, 1.82) is 0 Å². The smallest absolute Gasteiger partial charge is 0.252 e. The molecule has 0 saturated heterocycles. The van der Waals surface area contributed by atoms with Gasteiger partial charge in [0.05, 0.1) is 7.11 Å². The van der Waals surface area contributed by atoms with Crippen molar-refractivity contribution in [2.75, 3.05) is 7.11 Å². The standard InChI is InChI=1S/C19H19N3O2/c1-22-13-12-20-18(22)17(15-10-6-7-11-16(15)24-2)21-19(23)14-8-4-3-5-9-14/h3-13,17H,1-2H3,(H,21,23)/t17-/m1/s1. The van der Waals surface area contributed by atoms with Gasteiger partial charge in [0.1, 0.15) is 17.6 Å². The molecule has 3 aromatic rings. The van der Waals surface area contributed by atoms with Gasteiger partial charge in [-0.1, -0.05) is 36.4 Å². The van der Waals surface area contributed by atoms with E-state index >= 15 is 0 Å². The summed E-state index contributed by atoms with van der Waals surface area (Å²) in [5, 5.41) is 3.07. The van der Waals surface area contributed by atoms with Crippen LogP contribution in [0.4, 0.5) is 0 Å². The number of amides is 1.